The summed E-state index contributed by atoms with van der Waals surface area (Å²) in [6, 6.07) is 0. The standard InChI is InChI=1S/C9H19N5O/c1-5-15-9(2,3)7-14-8(6-10-4)11-12-13-14/h10H,5-7H2,1-4H3. The van der Waals surface area contributed by atoms with Gasteiger partial charge in [-0.15, -0.1) is 5.10 Å². The Morgan fingerprint density at radius 1 is 1.47 bits per heavy atom. The number of rotatable bonds is 6. The minimum atomic E-state index is -0.243. The van der Waals surface area contributed by atoms with E-state index in [0.717, 1.165) is 5.82 Å². The summed E-state index contributed by atoms with van der Waals surface area (Å²) in [6.07, 6.45) is 0. The molecule has 1 aromatic rings. The fourth-order valence-corrected chi connectivity index (χ4v) is 1.43. The Labute approximate surface area is 90.0 Å². The van der Waals surface area contributed by atoms with Gasteiger partial charge in [0.1, 0.15) is 0 Å². The monoisotopic (exact) mass is 213 g/mol. The van der Waals surface area contributed by atoms with E-state index in [-0.39, 0.29) is 5.60 Å². The lowest BCUT2D eigenvalue weighted by Crippen LogP contribution is -2.32. The van der Waals surface area contributed by atoms with Gasteiger partial charge in [-0.25, -0.2) is 4.68 Å². The average molecular weight is 213 g/mol. The van der Waals surface area contributed by atoms with Gasteiger partial charge in [-0.2, -0.15) is 0 Å². The maximum atomic E-state index is 5.60. The molecule has 0 spiro atoms. The molecule has 0 aromatic carbocycles. The summed E-state index contributed by atoms with van der Waals surface area (Å²) in [4.78, 5) is 0. The SMILES string of the molecule is CCOC(C)(C)Cn1nnnc1CNC. The molecule has 86 valence electrons. The van der Waals surface area contributed by atoms with Gasteiger partial charge < -0.3 is 10.1 Å². The number of hydrogen-bond acceptors (Lipinski definition) is 5. The van der Waals surface area contributed by atoms with Crippen LogP contribution >= 0.6 is 0 Å². The Bertz CT molecular complexity index is 296. The Hall–Kier alpha value is -1.01. The molecule has 6 nitrogen and oxygen atoms in total. The first-order valence-corrected chi connectivity index (χ1v) is 5.12. The van der Waals surface area contributed by atoms with E-state index in [2.05, 4.69) is 20.8 Å². The summed E-state index contributed by atoms with van der Waals surface area (Å²) in [5.41, 5.74) is -0.243. The van der Waals surface area contributed by atoms with Crippen molar-refractivity contribution in [2.24, 2.45) is 0 Å². The van der Waals surface area contributed by atoms with Crippen LogP contribution in [0.3, 0.4) is 0 Å². The van der Waals surface area contributed by atoms with Crippen molar-refractivity contribution >= 4 is 0 Å². The van der Waals surface area contributed by atoms with Gasteiger partial charge in [-0.05, 0) is 38.2 Å². The molecular formula is C9H19N5O. The number of aromatic nitrogens is 4. The van der Waals surface area contributed by atoms with Gasteiger partial charge in [-0.3, -0.25) is 0 Å². The normalized spacial score (nSPS) is 12.0. The van der Waals surface area contributed by atoms with Gasteiger partial charge in [0.05, 0.1) is 18.7 Å². The van der Waals surface area contributed by atoms with E-state index < -0.39 is 0 Å². The van der Waals surface area contributed by atoms with Crippen LogP contribution in [0.15, 0.2) is 0 Å². The molecule has 0 aliphatic rings. The largest absolute Gasteiger partial charge is 0.374 e. The predicted molar refractivity (Wildman–Crippen MR) is 56.3 cm³/mol. The highest BCUT2D eigenvalue weighted by molar-refractivity contribution is 4.82. The quantitative estimate of drug-likeness (QED) is 0.731. The van der Waals surface area contributed by atoms with Crippen molar-refractivity contribution in [1.82, 2.24) is 25.5 Å². The predicted octanol–water partition coefficient (Wildman–Crippen LogP) is 0.208. The zero-order chi connectivity index (χ0) is 11.3. The van der Waals surface area contributed by atoms with E-state index in [1.807, 2.05) is 27.8 Å². The highest BCUT2D eigenvalue weighted by atomic mass is 16.5. The minimum absolute atomic E-state index is 0.243. The summed E-state index contributed by atoms with van der Waals surface area (Å²) >= 11 is 0. The van der Waals surface area contributed by atoms with Gasteiger partial charge in [0.2, 0.25) is 0 Å². The van der Waals surface area contributed by atoms with E-state index in [9.17, 15) is 0 Å². The highest BCUT2D eigenvalue weighted by Crippen LogP contribution is 2.12. The molecule has 0 saturated carbocycles. The van der Waals surface area contributed by atoms with Crippen LogP contribution in [0, 0.1) is 0 Å². The van der Waals surface area contributed by atoms with E-state index in [4.69, 9.17) is 4.74 Å². The van der Waals surface area contributed by atoms with Crippen molar-refractivity contribution in [3.63, 3.8) is 0 Å². The molecule has 1 heterocycles. The van der Waals surface area contributed by atoms with Crippen molar-refractivity contribution in [2.75, 3.05) is 13.7 Å². The third-order valence-corrected chi connectivity index (χ3v) is 2.01. The van der Waals surface area contributed by atoms with Crippen LogP contribution in [-0.4, -0.2) is 39.5 Å². The van der Waals surface area contributed by atoms with Crippen molar-refractivity contribution in [3.8, 4) is 0 Å². The summed E-state index contributed by atoms with van der Waals surface area (Å²) in [6.45, 7) is 8.05. The Morgan fingerprint density at radius 3 is 2.80 bits per heavy atom. The molecule has 15 heavy (non-hydrogen) atoms. The van der Waals surface area contributed by atoms with E-state index in [1.165, 1.54) is 0 Å². The van der Waals surface area contributed by atoms with Crippen molar-refractivity contribution in [1.29, 1.82) is 0 Å². The molecule has 0 fully saturated rings. The zero-order valence-corrected chi connectivity index (χ0v) is 9.82. The average Bonchev–Trinajstić information content (AvgIpc) is 2.52. The maximum absolute atomic E-state index is 5.60. The van der Waals surface area contributed by atoms with E-state index in [0.29, 0.717) is 19.7 Å². The Morgan fingerprint density at radius 2 is 2.20 bits per heavy atom. The lowest BCUT2D eigenvalue weighted by Gasteiger charge is -2.24. The van der Waals surface area contributed by atoms with Crippen LogP contribution in [-0.2, 0) is 17.8 Å². The van der Waals surface area contributed by atoms with Gasteiger partial charge in [-0.1, -0.05) is 0 Å². The number of ether oxygens (including phenoxy) is 1. The fraction of sp³-hybridized carbons (Fsp3) is 0.889. The highest BCUT2D eigenvalue weighted by Gasteiger charge is 2.20. The molecule has 0 bridgehead atoms. The molecular weight excluding hydrogens is 194 g/mol. The third-order valence-electron chi connectivity index (χ3n) is 2.01. The van der Waals surface area contributed by atoms with Crippen molar-refractivity contribution in [2.45, 2.75) is 39.5 Å². The molecule has 0 aliphatic carbocycles. The fourth-order valence-electron chi connectivity index (χ4n) is 1.43. The van der Waals surface area contributed by atoms with Crippen LogP contribution in [0.5, 0.6) is 0 Å². The summed E-state index contributed by atoms with van der Waals surface area (Å²) < 4.78 is 7.37. The smallest absolute Gasteiger partial charge is 0.165 e. The Balaban J connectivity index is 2.66. The van der Waals surface area contributed by atoms with Crippen LogP contribution in [0.25, 0.3) is 0 Å². The number of hydrogen-bond donors (Lipinski definition) is 1. The van der Waals surface area contributed by atoms with Crippen LogP contribution < -0.4 is 5.32 Å². The second-order valence-electron chi connectivity index (χ2n) is 3.98. The maximum Gasteiger partial charge on any atom is 0.165 e. The first kappa shape index (κ1) is 12.1. The van der Waals surface area contributed by atoms with Crippen LogP contribution in [0.1, 0.15) is 26.6 Å². The molecule has 0 aliphatic heterocycles. The molecule has 0 amide bonds. The van der Waals surface area contributed by atoms with Crippen LogP contribution in [0.4, 0.5) is 0 Å². The molecule has 1 rings (SSSR count). The number of tetrazole rings is 1. The third kappa shape index (κ3) is 3.56. The zero-order valence-electron chi connectivity index (χ0n) is 9.82. The van der Waals surface area contributed by atoms with Gasteiger partial charge in [0.25, 0.3) is 0 Å². The Kier molecular flexibility index (Phi) is 4.16. The molecule has 0 saturated heterocycles. The van der Waals surface area contributed by atoms with Crippen LogP contribution in [0.2, 0.25) is 0 Å². The molecule has 0 unspecified atom stereocenters. The lowest BCUT2D eigenvalue weighted by molar-refractivity contribution is -0.0256. The van der Waals surface area contributed by atoms with Crippen molar-refractivity contribution in [3.05, 3.63) is 5.82 Å². The summed E-state index contributed by atoms with van der Waals surface area (Å²) in [5, 5.41) is 14.5. The first-order chi connectivity index (χ1) is 7.09. The minimum Gasteiger partial charge on any atom is -0.374 e. The number of nitrogens with zero attached hydrogens (tertiary/aromatic N) is 4. The number of nitrogens with one attached hydrogen (secondary N) is 1. The topological polar surface area (TPSA) is 64.9 Å². The van der Waals surface area contributed by atoms with E-state index >= 15 is 0 Å². The summed E-state index contributed by atoms with van der Waals surface area (Å²) in [7, 11) is 1.87. The molecule has 0 radical (unpaired) electrons. The van der Waals surface area contributed by atoms with Crippen molar-refractivity contribution < 1.29 is 4.74 Å². The molecule has 1 aromatic heterocycles. The molecule has 1 N–H and O–H groups in total. The molecule has 6 heteroatoms. The summed E-state index contributed by atoms with van der Waals surface area (Å²) in [5.74, 6) is 0.824. The molecule has 0 atom stereocenters. The van der Waals surface area contributed by atoms with Gasteiger partial charge in [0, 0.05) is 6.61 Å². The van der Waals surface area contributed by atoms with Gasteiger partial charge >= 0.3 is 0 Å². The van der Waals surface area contributed by atoms with E-state index in [1.54, 1.807) is 4.68 Å². The second kappa shape index (κ2) is 5.18. The lowest BCUT2D eigenvalue weighted by atomic mass is 10.1. The van der Waals surface area contributed by atoms with Gasteiger partial charge in [0.15, 0.2) is 5.82 Å². The second-order valence-corrected chi connectivity index (χ2v) is 3.98. The first-order valence-electron chi connectivity index (χ1n) is 5.12.